The molecule has 1 heterocycles. The maximum Gasteiger partial charge on any atom is 0.248 e. The van der Waals surface area contributed by atoms with Gasteiger partial charge in [-0.3, -0.25) is 14.3 Å². The highest BCUT2D eigenvalue weighted by Gasteiger charge is 2.10. The second-order valence-electron chi connectivity index (χ2n) is 7.18. The number of aromatic nitrogens is 2. The molecule has 1 amide bonds. The van der Waals surface area contributed by atoms with Crippen LogP contribution in [0.1, 0.15) is 45.4 Å². The van der Waals surface area contributed by atoms with Gasteiger partial charge in [-0.15, -0.1) is 0 Å². The minimum Gasteiger partial charge on any atom is -0.323 e. The Balaban J connectivity index is 1.69. The van der Waals surface area contributed by atoms with Gasteiger partial charge in [0.2, 0.25) is 5.91 Å². The molecule has 0 spiro atoms. The average Bonchev–Trinajstić information content (AvgIpc) is 2.95. The summed E-state index contributed by atoms with van der Waals surface area (Å²) in [5, 5.41) is 7.42. The highest BCUT2D eigenvalue weighted by molar-refractivity contribution is 6.02. The Hall–Kier alpha value is -3.47. The van der Waals surface area contributed by atoms with Crippen LogP contribution in [0.15, 0.2) is 54.6 Å². The summed E-state index contributed by atoms with van der Waals surface area (Å²) in [6.45, 7) is 8.22. The molecule has 1 N–H and O–H groups in total. The number of benzene rings is 2. The lowest BCUT2D eigenvalue weighted by Crippen LogP contribution is -2.08. The summed E-state index contributed by atoms with van der Waals surface area (Å²) < 4.78 is 1.96. The Bertz CT molecular complexity index is 1060. The van der Waals surface area contributed by atoms with Crippen molar-refractivity contribution in [2.75, 3.05) is 5.32 Å². The van der Waals surface area contributed by atoms with E-state index in [1.54, 1.807) is 30.3 Å². The minimum atomic E-state index is -0.231. The first-order chi connectivity index (χ1) is 13.8. The third-order valence-electron chi connectivity index (χ3n) is 4.85. The molecule has 5 nitrogen and oxygen atoms in total. The van der Waals surface area contributed by atoms with Crippen LogP contribution in [0.25, 0.3) is 6.08 Å². The topological polar surface area (TPSA) is 64.0 Å². The van der Waals surface area contributed by atoms with E-state index in [-0.39, 0.29) is 11.7 Å². The molecular formula is C24H25N3O2. The second-order valence-corrected chi connectivity index (χ2v) is 7.18. The van der Waals surface area contributed by atoms with Gasteiger partial charge in [0, 0.05) is 28.6 Å². The van der Waals surface area contributed by atoms with Crippen LogP contribution in [-0.4, -0.2) is 21.5 Å². The fourth-order valence-electron chi connectivity index (χ4n) is 3.10. The predicted molar refractivity (Wildman–Crippen MR) is 116 cm³/mol. The highest BCUT2D eigenvalue weighted by Crippen LogP contribution is 2.17. The lowest BCUT2D eigenvalue weighted by atomic mass is 10.1. The number of anilines is 1. The molecule has 29 heavy (non-hydrogen) atoms. The number of ketones is 1. The molecule has 0 saturated carbocycles. The van der Waals surface area contributed by atoms with E-state index < -0.39 is 0 Å². The van der Waals surface area contributed by atoms with Crippen LogP contribution in [0.2, 0.25) is 0 Å². The predicted octanol–water partition coefficient (Wildman–Crippen LogP) is 4.71. The van der Waals surface area contributed by atoms with Crippen LogP contribution in [0.4, 0.5) is 5.69 Å². The Kier molecular flexibility index (Phi) is 6.07. The van der Waals surface area contributed by atoms with Crippen molar-refractivity contribution in [1.82, 2.24) is 9.78 Å². The number of Topliss-reactive ketones (excluding diaryl/α,β-unsaturated/α-hetero) is 1. The molecular weight excluding hydrogens is 362 g/mol. The van der Waals surface area contributed by atoms with Gasteiger partial charge in [0.05, 0.1) is 12.2 Å². The summed E-state index contributed by atoms with van der Waals surface area (Å²) in [7, 11) is 0. The zero-order valence-corrected chi connectivity index (χ0v) is 17.2. The third-order valence-corrected chi connectivity index (χ3v) is 4.85. The van der Waals surface area contributed by atoms with Gasteiger partial charge in [0.15, 0.2) is 5.78 Å². The molecule has 0 aliphatic rings. The van der Waals surface area contributed by atoms with E-state index >= 15 is 0 Å². The quantitative estimate of drug-likeness (QED) is 0.492. The molecule has 0 radical (unpaired) electrons. The van der Waals surface area contributed by atoms with Crippen LogP contribution >= 0.6 is 0 Å². The summed E-state index contributed by atoms with van der Waals surface area (Å²) >= 11 is 0. The first kappa shape index (κ1) is 20.3. The first-order valence-corrected chi connectivity index (χ1v) is 9.53. The number of rotatable bonds is 6. The minimum absolute atomic E-state index is 0.00336. The van der Waals surface area contributed by atoms with Crippen molar-refractivity contribution < 1.29 is 9.59 Å². The van der Waals surface area contributed by atoms with Crippen molar-refractivity contribution in [3.8, 4) is 0 Å². The van der Waals surface area contributed by atoms with E-state index in [4.69, 9.17) is 0 Å². The van der Waals surface area contributed by atoms with E-state index in [1.807, 2.05) is 18.5 Å². The maximum atomic E-state index is 12.3. The molecule has 0 saturated heterocycles. The number of hydrogen-bond acceptors (Lipinski definition) is 3. The fourth-order valence-corrected chi connectivity index (χ4v) is 3.10. The standard InChI is InChI=1S/C24H25N3O2/c1-16-5-7-20(8-6-16)15-27-18(3)23(17(2)26-27)13-14-24(29)25-22-11-9-21(10-12-22)19(4)28/h5-14H,15H2,1-4H3,(H,25,29)/b14-13+. The van der Waals surface area contributed by atoms with Crippen molar-refractivity contribution >= 4 is 23.5 Å². The Morgan fingerprint density at radius 3 is 2.28 bits per heavy atom. The van der Waals surface area contributed by atoms with E-state index in [0.717, 1.165) is 17.0 Å². The van der Waals surface area contributed by atoms with Gasteiger partial charge in [0.25, 0.3) is 0 Å². The van der Waals surface area contributed by atoms with Crippen molar-refractivity contribution in [3.63, 3.8) is 0 Å². The smallest absolute Gasteiger partial charge is 0.248 e. The van der Waals surface area contributed by atoms with Crippen LogP contribution in [0.3, 0.4) is 0 Å². The maximum absolute atomic E-state index is 12.3. The van der Waals surface area contributed by atoms with Gasteiger partial charge < -0.3 is 5.32 Å². The molecule has 0 bridgehead atoms. The fraction of sp³-hybridized carbons (Fsp3) is 0.208. The molecule has 0 atom stereocenters. The lowest BCUT2D eigenvalue weighted by molar-refractivity contribution is -0.111. The van der Waals surface area contributed by atoms with Crippen molar-refractivity contribution in [3.05, 3.63) is 88.2 Å². The van der Waals surface area contributed by atoms with Gasteiger partial charge in [-0.2, -0.15) is 5.10 Å². The molecule has 0 fully saturated rings. The second kappa shape index (κ2) is 8.69. The molecule has 148 valence electrons. The zero-order valence-electron chi connectivity index (χ0n) is 17.2. The van der Waals surface area contributed by atoms with Gasteiger partial charge in [-0.1, -0.05) is 29.8 Å². The molecule has 2 aromatic carbocycles. The molecule has 0 unspecified atom stereocenters. The van der Waals surface area contributed by atoms with Crippen LogP contribution in [-0.2, 0) is 11.3 Å². The lowest BCUT2D eigenvalue weighted by Gasteiger charge is -2.05. The van der Waals surface area contributed by atoms with Crippen molar-refractivity contribution in [1.29, 1.82) is 0 Å². The first-order valence-electron chi connectivity index (χ1n) is 9.53. The number of hydrogen-bond donors (Lipinski definition) is 1. The van der Waals surface area contributed by atoms with E-state index in [1.165, 1.54) is 24.1 Å². The van der Waals surface area contributed by atoms with Crippen molar-refractivity contribution in [2.45, 2.75) is 34.2 Å². The van der Waals surface area contributed by atoms with Gasteiger partial charge in [-0.05, 0) is 63.6 Å². The summed E-state index contributed by atoms with van der Waals surface area (Å²) in [4.78, 5) is 23.6. The molecule has 1 aromatic heterocycles. The summed E-state index contributed by atoms with van der Waals surface area (Å²) in [6.07, 6.45) is 3.30. The summed E-state index contributed by atoms with van der Waals surface area (Å²) in [5.41, 5.74) is 6.51. The largest absolute Gasteiger partial charge is 0.323 e. The number of aryl methyl sites for hydroxylation is 2. The molecule has 5 heteroatoms. The SMILES string of the molecule is CC(=O)c1ccc(NC(=O)/C=C/c2c(C)nn(Cc3ccc(C)cc3)c2C)cc1. The third kappa shape index (κ3) is 5.08. The van der Waals surface area contributed by atoms with Gasteiger partial charge in [0.1, 0.15) is 0 Å². The van der Waals surface area contributed by atoms with Gasteiger partial charge in [-0.25, -0.2) is 0 Å². The number of nitrogens with one attached hydrogen (secondary N) is 1. The average molecular weight is 387 g/mol. The Morgan fingerprint density at radius 2 is 1.66 bits per heavy atom. The highest BCUT2D eigenvalue weighted by atomic mass is 16.1. The van der Waals surface area contributed by atoms with Crippen LogP contribution < -0.4 is 5.32 Å². The van der Waals surface area contributed by atoms with E-state index in [0.29, 0.717) is 17.8 Å². The number of amides is 1. The molecule has 0 aliphatic heterocycles. The van der Waals surface area contributed by atoms with Gasteiger partial charge >= 0.3 is 0 Å². The van der Waals surface area contributed by atoms with E-state index in [2.05, 4.69) is 41.6 Å². The Labute approximate surface area is 171 Å². The number of carbonyl (C=O) groups is 2. The Morgan fingerprint density at radius 1 is 1.00 bits per heavy atom. The zero-order chi connectivity index (χ0) is 21.0. The van der Waals surface area contributed by atoms with Crippen molar-refractivity contribution in [2.24, 2.45) is 0 Å². The summed E-state index contributed by atoms with van der Waals surface area (Å²) in [6, 6.07) is 15.2. The molecule has 3 rings (SSSR count). The monoisotopic (exact) mass is 387 g/mol. The van der Waals surface area contributed by atoms with Crippen LogP contribution in [0, 0.1) is 20.8 Å². The summed E-state index contributed by atoms with van der Waals surface area (Å²) in [5.74, 6) is -0.234. The number of carbonyl (C=O) groups excluding carboxylic acids is 2. The van der Waals surface area contributed by atoms with E-state index in [9.17, 15) is 9.59 Å². The number of nitrogens with zero attached hydrogens (tertiary/aromatic N) is 2. The van der Waals surface area contributed by atoms with Crippen LogP contribution in [0.5, 0.6) is 0 Å². The molecule has 0 aliphatic carbocycles. The normalized spacial score (nSPS) is 11.0. The molecule has 3 aromatic rings.